The highest BCUT2D eigenvalue weighted by Gasteiger charge is 1.86. The van der Waals surface area contributed by atoms with Gasteiger partial charge in [0.2, 0.25) is 0 Å². The van der Waals surface area contributed by atoms with E-state index in [1.165, 1.54) is 0 Å². The monoisotopic (exact) mass is 105 g/mol. The highest BCUT2D eigenvalue weighted by Crippen LogP contribution is 1.94. The van der Waals surface area contributed by atoms with Crippen LogP contribution < -0.4 is 5.73 Å². The lowest BCUT2D eigenvalue weighted by molar-refractivity contribution is 0.828. The van der Waals surface area contributed by atoms with Crippen LogP contribution in [0.15, 0.2) is 0 Å². The molecule has 0 aromatic rings. The molecule has 0 saturated heterocycles. The Kier molecular flexibility index (Phi) is 3.68. The largest absolute Gasteiger partial charge is 0.330 e. The molecule has 0 aromatic heterocycles. The van der Waals surface area contributed by atoms with E-state index in [1.807, 2.05) is 6.92 Å². The molecule has 1 atom stereocenters. The van der Waals surface area contributed by atoms with Gasteiger partial charge < -0.3 is 5.73 Å². The first-order chi connectivity index (χ1) is 2.77. The van der Waals surface area contributed by atoms with Crippen molar-refractivity contribution in [2.45, 2.75) is 18.6 Å². The van der Waals surface area contributed by atoms with Gasteiger partial charge in [-0.15, -0.1) is 0 Å². The highest BCUT2D eigenvalue weighted by atomic mass is 32.1. The maximum Gasteiger partial charge on any atom is 0.0000402 e. The molecule has 1 nitrogen and oxygen atoms in total. The molecule has 0 spiro atoms. The summed E-state index contributed by atoms with van der Waals surface area (Å²) in [6, 6.07) is 0. The van der Waals surface area contributed by atoms with Crippen LogP contribution in [0.4, 0.5) is 0 Å². The van der Waals surface area contributed by atoms with E-state index >= 15 is 0 Å². The minimum atomic E-state index is 0.468. The van der Waals surface area contributed by atoms with E-state index in [9.17, 15) is 0 Å². The zero-order valence-electron chi connectivity index (χ0n) is 4.02. The second-order valence-electron chi connectivity index (χ2n) is 1.43. The third-order valence-corrected chi connectivity index (χ3v) is 0.843. The lowest BCUT2D eigenvalue weighted by Crippen LogP contribution is -2.03. The molecule has 0 aliphatic heterocycles. The Labute approximate surface area is 44.3 Å². The van der Waals surface area contributed by atoms with Gasteiger partial charge in [0.15, 0.2) is 0 Å². The number of rotatable bonds is 2. The van der Waals surface area contributed by atoms with Crippen molar-refractivity contribution >= 4 is 12.6 Å². The molecular formula is C4H11NS. The number of hydrogen-bond donors (Lipinski definition) is 2. The van der Waals surface area contributed by atoms with Gasteiger partial charge in [-0.3, -0.25) is 0 Å². The third-order valence-electron chi connectivity index (χ3n) is 0.584. The fourth-order valence-corrected chi connectivity index (χ4v) is 0.390. The molecule has 38 valence electrons. The molecule has 0 aromatic carbocycles. The summed E-state index contributed by atoms with van der Waals surface area (Å²) in [5, 5.41) is 0.468. The lowest BCUT2D eigenvalue weighted by Gasteiger charge is -1.95. The van der Waals surface area contributed by atoms with Crippen molar-refractivity contribution in [3.63, 3.8) is 0 Å². The normalized spacial score (nSPS) is 14.5. The summed E-state index contributed by atoms with van der Waals surface area (Å²) in [5.74, 6) is 0. The zero-order valence-corrected chi connectivity index (χ0v) is 4.91. The van der Waals surface area contributed by atoms with Crippen LogP contribution in [0.1, 0.15) is 13.3 Å². The van der Waals surface area contributed by atoms with E-state index < -0.39 is 0 Å². The van der Waals surface area contributed by atoms with Crippen LogP contribution in [-0.4, -0.2) is 11.8 Å². The van der Waals surface area contributed by atoms with E-state index in [0.717, 1.165) is 13.0 Å². The Morgan fingerprint density at radius 3 is 2.33 bits per heavy atom. The van der Waals surface area contributed by atoms with Gasteiger partial charge in [-0.2, -0.15) is 12.6 Å². The van der Waals surface area contributed by atoms with E-state index in [-0.39, 0.29) is 0 Å². The molecule has 0 saturated carbocycles. The molecule has 0 fully saturated rings. The molecule has 2 N–H and O–H groups in total. The highest BCUT2D eigenvalue weighted by molar-refractivity contribution is 7.80. The standard InChI is InChI=1S/C4H11NS/c1-4(6)2-3-5/h4,6H,2-3,5H2,1H3/t4-/m1/s1. The molecule has 0 amide bonds. The molecule has 0 bridgehead atoms. The molecular weight excluding hydrogens is 94.1 g/mol. The van der Waals surface area contributed by atoms with Crippen LogP contribution in [0.3, 0.4) is 0 Å². The molecule has 2 heteroatoms. The minimum absolute atomic E-state index is 0.468. The first-order valence-electron chi connectivity index (χ1n) is 2.15. The maximum absolute atomic E-state index is 5.18. The first kappa shape index (κ1) is 6.31. The van der Waals surface area contributed by atoms with Crippen molar-refractivity contribution in [2.75, 3.05) is 6.54 Å². The Morgan fingerprint density at radius 2 is 2.33 bits per heavy atom. The van der Waals surface area contributed by atoms with Crippen LogP contribution in [0, 0.1) is 0 Å². The quantitative estimate of drug-likeness (QED) is 0.495. The van der Waals surface area contributed by atoms with Crippen LogP contribution >= 0.6 is 12.6 Å². The smallest absolute Gasteiger partial charge is 0.0000402 e. The Bertz CT molecular complexity index is 28.7. The van der Waals surface area contributed by atoms with Gasteiger partial charge in [0, 0.05) is 5.25 Å². The molecule has 0 radical (unpaired) electrons. The van der Waals surface area contributed by atoms with Crippen LogP contribution in [0.2, 0.25) is 0 Å². The summed E-state index contributed by atoms with van der Waals surface area (Å²) in [4.78, 5) is 0. The maximum atomic E-state index is 5.18. The summed E-state index contributed by atoms with van der Waals surface area (Å²) in [6.07, 6.45) is 1.02. The van der Waals surface area contributed by atoms with E-state index in [1.54, 1.807) is 0 Å². The number of nitrogens with two attached hydrogens (primary N) is 1. The number of thiol groups is 1. The predicted octanol–water partition coefficient (Wildman–Crippen LogP) is 0.653. The van der Waals surface area contributed by atoms with Gasteiger partial charge in [0.25, 0.3) is 0 Å². The van der Waals surface area contributed by atoms with Crippen LogP contribution in [-0.2, 0) is 0 Å². The van der Waals surface area contributed by atoms with Crippen molar-refractivity contribution < 1.29 is 0 Å². The molecule has 0 rings (SSSR count). The van der Waals surface area contributed by atoms with E-state index in [4.69, 9.17) is 5.73 Å². The van der Waals surface area contributed by atoms with Crippen molar-refractivity contribution in [2.24, 2.45) is 5.73 Å². The SMILES string of the molecule is C[C@@H](S)CCN. The molecule has 0 aliphatic carbocycles. The fourth-order valence-electron chi connectivity index (χ4n) is 0.241. The molecule has 0 unspecified atom stereocenters. The van der Waals surface area contributed by atoms with Crippen LogP contribution in [0.25, 0.3) is 0 Å². The second kappa shape index (κ2) is 3.50. The third kappa shape index (κ3) is 4.31. The summed E-state index contributed by atoms with van der Waals surface area (Å²) in [5.41, 5.74) is 5.18. The van der Waals surface area contributed by atoms with Gasteiger partial charge in [-0.25, -0.2) is 0 Å². The van der Waals surface area contributed by atoms with Gasteiger partial charge >= 0.3 is 0 Å². The fraction of sp³-hybridized carbons (Fsp3) is 1.00. The van der Waals surface area contributed by atoms with Gasteiger partial charge in [-0.05, 0) is 13.0 Å². The van der Waals surface area contributed by atoms with Gasteiger partial charge in [0.1, 0.15) is 0 Å². The minimum Gasteiger partial charge on any atom is -0.330 e. The van der Waals surface area contributed by atoms with Crippen molar-refractivity contribution in [3.8, 4) is 0 Å². The van der Waals surface area contributed by atoms with Crippen molar-refractivity contribution in [1.82, 2.24) is 0 Å². The zero-order chi connectivity index (χ0) is 4.99. The predicted molar refractivity (Wildman–Crippen MR) is 32.1 cm³/mol. The summed E-state index contributed by atoms with van der Waals surface area (Å²) < 4.78 is 0. The van der Waals surface area contributed by atoms with Gasteiger partial charge in [0.05, 0.1) is 0 Å². The van der Waals surface area contributed by atoms with Crippen molar-refractivity contribution in [3.05, 3.63) is 0 Å². The van der Waals surface area contributed by atoms with E-state index in [0.29, 0.717) is 5.25 Å². The molecule has 0 aliphatic rings. The topological polar surface area (TPSA) is 26.0 Å². The summed E-state index contributed by atoms with van der Waals surface area (Å²) in [6.45, 7) is 2.79. The van der Waals surface area contributed by atoms with Crippen LogP contribution in [0.5, 0.6) is 0 Å². The summed E-state index contributed by atoms with van der Waals surface area (Å²) >= 11 is 4.10. The first-order valence-corrected chi connectivity index (χ1v) is 2.67. The lowest BCUT2D eigenvalue weighted by atomic mass is 10.3. The summed E-state index contributed by atoms with van der Waals surface area (Å²) in [7, 11) is 0. The van der Waals surface area contributed by atoms with Crippen molar-refractivity contribution in [1.29, 1.82) is 0 Å². The average molecular weight is 105 g/mol. The molecule has 0 heterocycles. The Balaban J connectivity index is 2.63. The van der Waals surface area contributed by atoms with E-state index in [2.05, 4.69) is 12.6 Å². The number of hydrogen-bond acceptors (Lipinski definition) is 2. The Morgan fingerprint density at radius 1 is 1.83 bits per heavy atom. The second-order valence-corrected chi connectivity index (χ2v) is 2.31. The Hall–Kier alpha value is 0.310. The molecule has 6 heavy (non-hydrogen) atoms. The van der Waals surface area contributed by atoms with Gasteiger partial charge in [-0.1, -0.05) is 6.92 Å². The average Bonchev–Trinajstić information content (AvgIpc) is 1.35.